The molecule has 0 heterocycles. The maximum Gasteiger partial charge on any atom is 0.258 e. The van der Waals surface area contributed by atoms with Crippen molar-refractivity contribution in [3.05, 3.63) is 70.2 Å². The molecule has 2 unspecified atom stereocenters. The van der Waals surface area contributed by atoms with Crippen molar-refractivity contribution in [2.45, 2.75) is 50.4 Å². The third-order valence-corrected chi connectivity index (χ3v) is 5.43. The highest BCUT2D eigenvalue weighted by Gasteiger charge is 2.19. The highest BCUT2D eigenvalue weighted by Crippen LogP contribution is 2.21. The first-order valence-electron chi connectivity index (χ1n) is 10.2. The highest BCUT2D eigenvalue weighted by atomic mass is 35.5. The number of amides is 1. The predicted octanol–water partition coefficient (Wildman–Crippen LogP) is 3.61. The van der Waals surface area contributed by atoms with E-state index in [2.05, 4.69) is 15.6 Å². The van der Waals surface area contributed by atoms with Gasteiger partial charge in [-0.1, -0.05) is 36.6 Å². The summed E-state index contributed by atoms with van der Waals surface area (Å²) in [6.07, 6.45) is 3.71. The van der Waals surface area contributed by atoms with E-state index >= 15 is 0 Å². The van der Waals surface area contributed by atoms with E-state index in [0.717, 1.165) is 43.4 Å². The molecule has 0 saturated heterocycles. The Kier molecular flexibility index (Phi) is 7.95. The molecule has 2 aromatic carbocycles. The zero-order valence-electron chi connectivity index (χ0n) is 17.0. The quantitative estimate of drug-likeness (QED) is 0.307. The maximum absolute atomic E-state index is 13.5. The number of nitrogens with zero attached hydrogens (tertiary/aromatic N) is 1. The Morgan fingerprint density at radius 2 is 1.77 bits per heavy atom. The second-order valence-corrected chi connectivity index (χ2v) is 8.08. The van der Waals surface area contributed by atoms with Crippen LogP contribution < -0.4 is 22.1 Å². The number of nitrogens with two attached hydrogens (primary N) is 2. The fourth-order valence-electron chi connectivity index (χ4n) is 3.49. The molecule has 0 aliphatic heterocycles. The summed E-state index contributed by atoms with van der Waals surface area (Å²) in [5.41, 5.74) is 13.3. The molecule has 0 bridgehead atoms. The lowest BCUT2D eigenvalue weighted by atomic mass is 10.0. The van der Waals surface area contributed by atoms with Crippen molar-refractivity contribution in [1.29, 1.82) is 0 Å². The predicted molar refractivity (Wildman–Crippen MR) is 118 cm³/mol. The molecule has 3 rings (SSSR count). The van der Waals surface area contributed by atoms with Crippen LogP contribution in [0.4, 0.5) is 8.78 Å². The van der Waals surface area contributed by atoms with E-state index in [4.69, 9.17) is 23.1 Å². The van der Waals surface area contributed by atoms with Crippen LogP contribution in [-0.2, 0) is 0 Å². The standard InChI is InChI=1S/C22H26ClF2N5O/c23-15-8-5-13(6-9-15)19(26)12-20(27)29-22(28-16-3-1-2-4-16)30-21(31)14-7-10-17(24)18(25)11-14/h5-11,16,19-20H,1-4,12,26-27H2,(H2,28,29,30,31). The second-order valence-electron chi connectivity index (χ2n) is 7.64. The Labute approximate surface area is 185 Å². The van der Waals surface area contributed by atoms with Crippen LogP contribution in [0.1, 0.15) is 54.1 Å². The first-order chi connectivity index (χ1) is 14.8. The molecule has 0 spiro atoms. The summed E-state index contributed by atoms with van der Waals surface area (Å²) >= 11 is 5.91. The summed E-state index contributed by atoms with van der Waals surface area (Å²) in [5.74, 6) is -2.54. The van der Waals surface area contributed by atoms with Gasteiger partial charge in [-0.15, -0.1) is 0 Å². The molecule has 1 amide bonds. The molecule has 1 aliphatic rings. The number of nitrogens with one attached hydrogen (secondary N) is 2. The Hall–Kier alpha value is -2.55. The van der Waals surface area contributed by atoms with Crippen molar-refractivity contribution in [3.8, 4) is 0 Å². The molecule has 1 fully saturated rings. The van der Waals surface area contributed by atoms with E-state index in [1.807, 2.05) is 12.1 Å². The lowest BCUT2D eigenvalue weighted by Crippen LogP contribution is -2.50. The van der Waals surface area contributed by atoms with Gasteiger partial charge in [0.25, 0.3) is 5.91 Å². The monoisotopic (exact) mass is 449 g/mol. The topological polar surface area (TPSA) is 106 Å². The molecular formula is C22H26ClF2N5O. The Morgan fingerprint density at radius 1 is 1.10 bits per heavy atom. The minimum atomic E-state index is -1.10. The molecular weight excluding hydrogens is 424 g/mol. The van der Waals surface area contributed by atoms with Gasteiger partial charge in [0, 0.05) is 16.6 Å². The largest absolute Gasteiger partial charge is 0.341 e. The minimum absolute atomic E-state index is 0.0220. The van der Waals surface area contributed by atoms with E-state index in [1.54, 1.807) is 12.1 Å². The molecule has 31 heavy (non-hydrogen) atoms. The summed E-state index contributed by atoms with van der Waals surface area (Å²) in [5, 5.41) is 6.25. The average molecular weight is 450 g/mol. The number of benzene rings is 2. The molecule has 6 nitrogen and oxygen atoms in total. The van der Waals surface area contributed by atoms with Crippen LogP contribution in [0.3, 0.4) is 0 Å². The van der Waals surface area contributed by atoms with Gasteiger partial charge in [0.15, 0.2) is 17.6 Å². The number of guanidine groups is 1. The number of aliphatic imine (C=N–C) groups is 1. The summed E-state index contributed by atoms with van der Waals surface area (Å²) in [6, 6.07) is 9.83. The van der Waals surface area contributed by atoms with Crippen molar-refractivity contribution >= 4 is 23.5 Å². The molecule has 2 aromatic rings. The Bertz CT molecular complexity index is 932. The summed E-state index contributed by atoms with van der Waals surface area (Å²) in [4.78, 5) is 17.1. The number of halogens is 3. The Balaban J connectivity index is 1.68. The van der Waals surface area contributed by atoms with E-state index in [0.29, 0.717) is 11.4 Å². The molecule has 6 N–H and O–H groups in total. The number of rotatable bonds is 6. The fraction of sp³-hybridized carbons (Fsp3) is 0.364. The van der Waals surface area contributed by atoms with Gasteiger partial charge in [0.05, 0.1) is 12.2 Å². The molecule has 0 radical (unpaired) electrons. The van der Waals surface area contributed by atoms with Crippen LogP contribution in [0.25, 0.3) is 0 Å². The molecule has 1 aliphatic carbocycles. The summed E-state index contributed by atoms with van der Waals surface area (Å²) in [7, 11) is 0. The van der Waals surface area contributed by atoms with E-state index < -0.39 is 23.7 Å². The van der Waals surface area contributed by atoms with Crippen LogP contribution in [0.15, 0.2) is 47.5 Å². The van der Waals surface area contributed by atoms with Gasteiger partial charge >= 0.3 is 0 Å². The minimum Gasteiger partial charge on any atom is -0.341 e. The van der Waals surface area contributed by atoms with Gasteiger partial charge in [0.2, 0.25) is 0 Å². The third kappa shape index (κ3) is 6.72. The van der Waals surface area contributed by atoms with E-state index in [1.165, 1.54) is 6.07 Å². The van der Waals surface area contributed by atoms with E-state index in [9.17, 15) is 13.6 Å². The van der Waals surface area contributed by atoms with Crippen molar-refractivity contribution in [3.63, 3.8) is 0 Å². The van der Waals surface area contributed by atoms with Crippen molar-refractivity contribution in [2.24, 2.45) is 16.5 Å². The van der Waals surface area contributed by atoms with Gasteiger partial charge in [-0.05, 0) is 55.2 Å². The summed E-state index contributed by atoms with van der Waals surface area (Å²) in [6.45, 7) is 0. The second kappa shape index (κ2) is 10.7. The van der Waals surface area contributed by atoms with Crippen molar-refractivity contribution < 1.29 is 13.6 Å². The van der Waals surface area contributed by atoms with Crippen molar-refractivity contribution in [2.75, 3.05) is 0 Å². The fourth-order valence-corrected chi connectivity index (χ4v) is 3.62. The first-order valence-corrected chi connectivity index (χ1v) is 10.6. The van der Waals surface area contributed by atoms with Gasteiger partial charge < -0.3 is 16.8 Å². The molecule has 2 atom stereocenters. The number of carbonyl (C=O) groups is 1. The third-order valence-electron chi connectivity index (χ3n) is 5.18. The van der Waals surface area contributed by atoms with E-state index in [-0.39, 0.29) is 23.6 Å². The molecule has 1 saturated carbocycles. The zero-order valence-corrected chi connectivity index (χ0v) is 17.7. The SMILES string of the molecule is NC(CC(N)c1ccc(Cl)cc1)NC(=NC1CCCC1)NC(=O)c1ccc(F)c(F)c1. The number of hydrogen-bond acceptors (Lipinski definition) is 4. The number of hydrogen-bond donors (Lipinski definition) is 4. The van der Waals surface area contributed by atoms with Crippen molar-refractivity contribution in [1.82, 2.24) is 10.6 Å². The highest BCUT2D eigenvalue weighted by molar-refractivity contribution is 6.30. The smallest absolute Gasteiger partial charge is 0.258 e. The molecule has 0 aromatic heterocycles. The maximum atomic E-state index is 13.5. The summed E-state index contributed by atoms with van der Waals surface area (Å²) < 4.78 is 26.7. The lowest BCUT2D eigenvalue weighted by molar-refractivity contribution is 0.0975. The lowest BCUT2D eigenvalue weighted by Gasteiger charge is -2.22. The van der Waals surface area contributed by atoms with Crippen LogP contribution in [0.5, 0.6) is 0 Å². The average Bonchev–Trinajstić information content (AvgIpc) is 3.23. The number of carbonyl (C=O) groups excluding carboxylic acids is 1. The molecule has 166 valence electrons. The first kappa shape index (κ1) is 23.1. The van der Waals surface area contributed by atoms with Gasteiger partial charge in [-0.25, -0.2) is 13.8 Å². The van der Waals surface area contributed by atoms with Crippen LogP contribution in [0.2, 0.25) is 5.02 Å². The van der Waals surface area contributed by atoms with Gasteiger partial charge in [-0.2, -0.15) is 0 Å². The van der Waals surface area contributed by atoms with Crippen LogP contribution in [0, 0.1) is 11.6 Å². The van der Waals surface area contributed by atoms with Crippen LogP contribution >= 0.6 is 11.6 Å². The normalized spacial score (nSPS) is 16.7. The molecule has 9 heteroatoms. The van der Waals surface area contributed by atoms with Gasteiger partial charge in [0.1, 0.15) is 0 Å². The zero-order chi connectivity index (χ0) is 22.4. The van der Waals surface area contributed by atoms with Crippen LogP contribution in [-0.4, -0.2) is 24.1 Å². The Morgan fingerprint density at radius 3 is 2.42 bits per heavy atom. The van der Waals surface area contributed by atoms with Gasteiger partial charge in [-0.3, -0.25) is 10.1 Å².